The fraction of sp³-hybridized carbons (Fsp3) is 0.522. The molecule has 1 saturated carbocycles. The van der Waals surface area contributed by atoms with E-state index in [9.17, 15) is 19.5 Å². The summed E-state index contributed by atoms with van der Waals surface area (Å²) in [5.41, 5.74) is -0.145. The van der Waals surface area contributed by atoms with Gasteiger partial charge in [0.15, 0.2) is 0 Å². The number of rotatable bonds is 7. The second-order valence-corrected chi connectivity index (χ2v) is 8.48. The summed E-state index contributed by atoms with van der Waals surface area (Å²) in [7, 11) is 0. The van der Waals surface area contributed by atoms with Crippen LogP contribution >= 0.6 is 0 Å². The standard InChI is InChI=1S/C23H29FN4O5/c1-3-26(4-2)23(32)33-13-14-11-27(8-7-25-14)20-10-19-16(9-18(20)24)21(29)17(22(30)31)12-28(19)15-5-6-15/h9-10,12,14-15,25H,3-8,11,13H2,1-2H3,(H,30,31). The molecule has 0 radical (unpaired) electrons. The molecule has 0 bridgehead atoms. The van der Waals surface area contributed by atoms with E-state index in [4.69, 9.17) is 4.74 Å². The number of fused-ring (bicyclic) bond motifs is 1. The van der Waals surface area contributed by atoms with Crippen LogP contribution in [0.2, 0.25) is 0 Å². The number of carbonyl (C=O) groups is 2. The fourth-order valence-electron chi connectivity index (χ4n) is 4.31. The first-order valence-corrected chi connectivity index (χ1v) is 11.4. The second-order valence-electron chi connectivity index (χ2n) is 8.48. The van der Waals surface area contributed by atoms with E-state index in [1.807, 2.05) is 18.7 Å². The molecule has 1 aromatic carbocycles. The van der Waals surface area contributed by atoms with E-state index in [0.29, 0.717) is 43.9 Å². The Kier molecular flexibility index (Phi) is 6.55. The van der Waals surface area contributed by atoms with E-state index in [0.717, 1.165) is 18.9 Å². The first kappa shape index (κ1) is 23.0. The maximum atomic E-state index is 15.2. The van der Waals surface area contributed by atoms with Crippen molar-refractivity contribution in [3.8, 4) is 0 Å². The van der Waals surface area contributed by atoms with Gasteiger partial charge in [-0.3, -0.25) is 4.79 Å². The zero-order valence-electron chi connectivity index (χ0n) is 18.8. The van der Waals surface area contributed by atoms with E-state index in [2.05, 4.69) is 5.32 Å². The van der Waals surface area contributed by atoms with Crippen LogP contribution in [-0.2, 0) is 4.74 Å². The summed E-state index contributed by atoms with van der Waals surface area (Å²) < 4.78 is 22.4. The average molecular weight is 461 g/mol. The number of ether oxygens (including phenoxy) is 1. The Labute approximate surface area is 190 Å². The lowest BCUT2D eigenvalue weighted by Crippen LogP contribution is -2.53. The number of halogens is 1. The number of pyridine rings is 1. The lowest BCUT2D eigenvalue weighted by Gasteiger charge is -2.35. The molecule has 1 atom stereocenters. The smallest absolute Gasteiger partial charge is 0.409 e. The normalized spacial score (nSPS) is 18.4. The summed E-state index contributed by atoms with van der Waals surface area (Å²) in [6.45, 7) is 6.61. The Bertz CT molecular complexity index is 1130. The van der Waals surface area contributed by atoms with E-state index in [1.165, 1.54) is 6.20 Å². The second kappa shape index (κ2) is 9.38. The number of benzene rings is 1. The van der Waals surface area contributed by atoms with E-state index < -0.39 is 17.2 Å². The topological polar surface area (TPSA) is 104 Å². The van der Waals surface area contributed by atoms with Gasteiger partial charge >= 0.3 is 12.1 Å². The number of nitrogens with one attached hydrogen (secondary N) is 1. The third-order valence-electron chi connectivity index (χ3n) is 6.30. The van der Waals surface area contributed by atoms with Gasteiger partial charge in [0, 0.05) is 50.3 Å². The highest BCUT2D eigenvalue weighted by molar-refractivity contribution is 5.93. The monoisotopic (exact) mass is 460 g/mol. The maximum Gasteiger partial charge on any atom is 0.409 e. The minimum absolute atomic E-state index is 0.0721. The predicted octanol–water partition coefficient (Wildman–Crippen LogP) is 2.43. The Morgan fingerprint density at radius 1 is 1.27 bits per heavy atom. The van der Waals surface area contributed by atoms with Crippen LogP contribution in [0.1, 0.15) is 43.1 Å². The van der Waals surface area contributed by atoms with Gasteiger partial charge in [0.05, 0.1) is 17.2 Å². The van der Waals surface area contributed by atoms with Crippen LogP contribution in [0, 0.1) is 5.82 Å². The number of anilines is 1. The minimum atomic E-state index is -1.31. The molecule has 2 fully saturated rings. The third-order valence-corrected chi connectivity index (χ3v) is 6.30. The fourth-order valence-corrected chi connectivity index (χ4v) is 4.31. The van der Waals surface area contributed by atoms with Crippen molar-refractivity contribution in [1.82, 2.24) is 14.8 Å². The highest BCUT2D eigenvalue weighted by atomic mass is 19.1. The third kappa shape index (κ3) is 4.66. The van der Waals surface area contributed by atoms with Gasteiger partial charge in [-0.1, -0.05) is 0 Å². The minimum Gasteiger partial charge on any atom is -0.477 e. The molecule has 1 aliphatic carbocycles. The molecule has 10 heteroatoms. The summed E-state index contributed by atoms with van der Waals surface area (Å²) in [5.74, 6) is -1.89. The van der Waals surface area contributed by atoms with Crippen LogP contribution in [0.4, 0.5) is 14.9 Å². The number of hydrogen-bond donors (Lipinski definition) is 2. The van der Waals surface area contributed by atoms with Gasteiger partial charge < -0.3 is 29.5 Å². The van der Waals surface area contributed by atoms with Gasteiger partial charge in [-0.15, -0.1) is 0 Å². The summed E-state index contributed by atoms with van der Waals surface area (Å²) in [6.07, 6.45) is 2.77. The van der Waals surface area contributed by atoms with Crippen molar-refractivity contribution in [3.63, 3.8) is 0 Å². The van der Waals surface area contributed by atoms with Crippen molar-refractivity contribution in [2.75, 3.05) is 44.2 Å². The lowest BCUT2D eigenvalue weighted by atomic mass is 10.1. The molecule has 1 amide bonds. The largest absolute Gasteiger partial charge is 0.477 e. The Morgan fingerprint density at radius 2 is 2.00 bits per heavy atom. The molecule has 2 N–H and O–H groups in total. The molecule has 178 valence electrons. The van der Waals surface area contributed by atoms with E-state index >= 15 is 4.39 Å². The van der Waals surface area contributed by atoms with Gasteiger partial charge in [0.2, 0.25) is 5.43 Å². The first-order valence-electron chi connectivity index (χ1n) is 11.4. The number of aromatic carboxylic acids is 1. The van der Waals surface area contributed by atoms with Crippen molar-refractivity contribution < 1.29 is 23.8 Å². The van der Waals surface area contributed by atoms with Crippen LogP contribution in [0.5, 0.6) is 0 Å². The van der Waals surface area contributed by atoms with Crippen LogP contribution < -0.4 is 15.6 Å². The molecule has 9 nitrogen and oxygen atoms in total. The summed E-state index contributed by atoms with van der Waals surface area (Å²) in [4.78, 5) is 39.8. The molecule has 33 heavy (non-hydrogen) atoms. The maximum absolute atomic E-state index is 15.2. The number of piperazine rings is 1. The van der Waals surface area contributed by atoms with Crippen molar-refractivity contribution in [2.45, 2.75) is 38.8 Å². The van der Waals surface area contributed by atoms with Gasteiger partial charge in [-0.2, -0.15) is 0 Å². The number of aromatic nitrogens is 1. The molecule has 1 aromatic heterocycles. The molecule has 1 saturated heterocycles. The van der Waals surface area contributed by atoms with Crippen molar-refractivity contribution in [3.05, 3.63) is 39.9 Å². The number of carbonyl (C=O) groups excluding carboxylic acids is 1. The summed E-state index contributed by atoms with van der Waals surface area (Å²) >= 11 is 0. The van der Waals surface area contributed by atoms with Gasteiger partial charge in [0.1, 0.15) is 18.0 Å². The van der Waals surface area contributed by atoms with Gasteiger partial charge in [-0.05, 0) is 38.8 Å². The molecule has 1 aliphatic heterocycles. The van der Waals surface area contributed by atoms with Crippen molar-refractivity contribution in [2.24, 2.45) is 0 Å². The highest BCUT2D eigenvalue weighted by Gasteiger charge is 2.29. The van der Waals surface area contributed by atoms with Crippen LogP contribution in [0.15, 0.2) is 23.1 Å². The highest BCUT2D eigenvalue weighted by Crippen LogP contribution is 2.38. The van der Waals surface area contributed by atoms with Crippen molar-refractivity contribution >= 4 is 28.7 Å². The van der Waals surface area contributed by atoms with Gasteiger partial charge in [-0.25, -0.2) is 14.0 Å². The summed E-state index contributed by atoms with van der Waals surface area (Å²) in [5, 5.41) is 12.8. The summed E-state index contributed by atoms with van der Waals surface area (Å²) in [6, 6.07) is 2.73. The predicted molar refractivity (Wildman–Crippen MR) is 122 cm³/mol. The molecule has 0 spiro atoms. The zero-order chi connectivity index (χ0) is 23.7. The Balaban J connectivity index is 1.60. The Morgan fingerprint density at radius 3 is 2.64 bits per heavy atom. The quantitative estimate of drug-likeness (QED) is 0.654. The van der Waals surface area contributed by atoms with E-state index in [1.54, 1.807) is 15.5 Å². The van der Waals surface area contributed by atoms with Crippen LogP contribution in [-0.4, -0.2) is 72.0 Å². The number of carboxylic acids is 1. The number of hydrogen-bond acceptors (Lipinski definition) is 6. The van der Waals surface area contributed by atoms with E-state index in [-0.39, 0.29) is 35.7 Å². The number of nitrogens with zero attached hydrogens (tertiary/aromatic N) is 3. The first-order chi connectivity index (χ1) is 15.8. The zero-order valence-corrected chi connectivity index (χ0v) is 18.8. The molecule has 4 rings (SSSR count). The molecular formula is C23H29FN4O5. The molecule has 2 aliphatic rings. The number of amides is 1. The molecule has 1 unspecified atom stereocenters. The Hall–Kier alpha value is -3.14. The number of carboxylic acid groups (broad SMARTS) is 1. The SMILES string of the molecule is CCN(CC)C(=O)OCC1CN(c2cc3c(cc2F)c(=O)c(C(=O)O)cn3C2CC2)CCN1. The van der Waals surface area contributed by atoms with Crippen molar-refractivity contribution in [1.29, 1.82) is 0 Å². The van der Waals surface area contributed by atoms with Crippen LogP contribution in [0.3, 0.4) is 0 Å². The van der Waals surface area contributed by atoms with Crippen LogP contribution in [0.25, 0.3) is 10.9 Å². The lowest BCUT2D eigenvalue weighted by molar-refractivity contribution is 0.0694. The average Bonchev–Trinajstić information content (AvgIpc) is 3.64. The molecular weight excluding hydrogens is 431 g/mol. The molecule has 2 heterocycles. The molecule has 2 aromatic rings. The van der Waals surface area contributed by atoms with Gasteiger partial charge in [0.25, 0.3) is 0 Å².